The summed E-state index contributed by atoms with van der Waals surface area (Å²) in [6, 6.07) is 0. The maximum Gasteiger partial charge on any atom is 0.302 e. The van der Waals surface area contributed by atoms with Crippen molar-refractivity contribution in [3.8, 4) is 0 Å². The molecule has 0 aliphatic heterocycles. The predicted octanol–water partition coefficient (Wildman–Crippen LogP) is 1.80. The summed E-state index contributed by atoms with van der Waals surface area (Å²) in [6.45, 7) is 1.64. The minimum Gasteiger partial charge on any atom is -0.462 e. The van der Waals surface area contributed by atoms with Gasteiger partial charge in [-0.2, -0.15) is 0 Å². The van der Waals surface area contributed by atoms with Crippen LogP contribution in [-0.4, -0.2) is 23.3 Å². The highest BCUT2D eigenvalue weighted by molar-refractivity contribution is 5.65. The highest BCUT2D eigenvalue weighted by Gasteiger charge is 2.25. The van der Waals surface area contributed by atoms with E-state index in [1.165, 1.54) is 13.3 Å². The van der Waals surface area contributed by atoms with E-state index in [1.54, 1.807) is 12.2 Å². The summed E-state index contributed by atoms with van der Waals surface area (Å²) in [5, 5.41) is 10.0. The van der Waals surface area contributed by atoms with Gasteiger partial charge >= 0.3 is 5.97 Å². The van der Waals surface area contributed by atoms with Crippen molar-refractivity contribution in [2.45, 2.75) is 44.6 Å². The number of esters is 1. The van der Waals surface area contributed by atoms with Crippen LogP contribution in [0.5, 0.6) is 0 Å². The molecule has 14 heavy (non-hydrogen) atoms. The minimum atomic E-state index is -0.654. The third-order valence-electron chi connectivity index (χ3n) is 2.53. The van der Waals surface area contributed by atoms with Gasteiger partial charge in [0.15, 0.2) is 0 Å². The van der Waals surface area contributed by atoms with E-state index in [4.69, 9.17) is 4.74 Å². The summed E-state index contributed by atoms with van der Waals surface area (Å²) in [7, 11) is 0. The smallest absolute Gasteiger partial charge is 0.302 e. The largest absolute Gasteiger partial charge is 0.462 e. The van der Waals surface area contributed by atoms with Crippen LogP contribution in [0.3, 0.4) is 0 Å². The molecule has 0 saturated heterocycles. The summed E-state index contributed by atoms with van der Waals surface area (Å²) in [5.41, 5.74) is -0.654. The van der Waals surface area contributed by atoms with Gasteiger partial charge in [0, 0.05) is 6.92 Å². The lowest BCUT2D eigenvalue weighted by atomic mass is 9.85. The molecule has 0 amide bonds. The fourth-order valence-corrected chi connectivity index (χ4v) is 1.76. The van der Waals surface area contributed by atoms with Gasteiger partial charge < -0.3 is 9.84 Å². The second kappa shape index (κ2) is 5.15. The Morgan fingerprint density at radius 3 is 2.64 bits per heavy atom. The van der Waals surface area contributed by atoms with E-state index in [9.17, 15) is 9.90 Å². The van der Waals surface area contributed by atoms with Crippen molar-refractivity contribution < 1.29 is 14.6 Å². The SMILES string of the molecule is CC(=O)OC/C=C\C1(O)CCCCC1. The zero-order valence-electron chi connectivity index (χ0n) is 8.66. The number of ether oxygens (including phenoxy) is 1. The molecule has 1 aliphatic carbocycles. The molecule has 0 radical (unpaired) electrons. The minimum absolute atomic E-state index is 0.262. The van der Waals surface area contributed by atoms with E-state index in [2.05, 4.69) is 0 Å². The Bertz CT molecular complexity index is 215. The van der Waals surface area contributed by atoms with Crippen molar-refractivity contribution in [3.63, 3.8) is 0 Å². The summed E-state index contributed by atoms with van der Waals surface area (Å²) >= 11 is 0. The Morgan fingerprint density at radius 1 is 1.43 bits per heavy atom. The Balaban J connectivity index is 2.29. The molecule has 0 bridgehead atoms. The normalized spacial score (nSPS) is 21.0. The van der Waals surface area contributed by atoms with Crippen LogP contribution in [0.1, 0.15) is 39.0 Å². The highest BCUT2D eigenvalue weighted by atomic mass is 16.5. The first kappa shape index (κ1) is 11.2. The van der Waals surface area contributed by atoms with Crippen LogP contribution < -0.4 is 0 Å². The van der Waals surface area contributed by atoms with E-state index in [0.29, 0.717) is 0 Å². The topological polar surface area (TPSA) is 46.5 Å². The molecule has 1 rings (SSSR count). The summed E-state index contributed by atoms with van der Waals surface area (Å²) in [4.78, 5) is 10.5. The fraction of sp³-hybridized carbons (Fsp3) is 0.727. The molecule has 1 aliphatic rings. The van der Waals surface area contributed by atoms with Crippen LogP contribution in [-0.2, 0) is 9.53 Å². The maximum absolute atomic E-state index is 10.5. The van der Waals surface area contributed by atoms with Gasteiger partial charge in [-0.25, -0.2) is 0 Å². The number of carbonyl (C=O) groups excluding carboxylic acids is 1. The van der Waals surface area contributed by atoms with Gasteiger partial charge in [-0.15, -0.1) is 0 Å². The van der Waals surface area contributed by atoms with E-state index in [1.807, 2.05) is 0 Å². The molecule has 0 spiro atoms. The standard InChI is InChI=1S/C11H18O3/c1-10(12)14-9-5-8-11(13)6-3-2-4-7-11/h5,8,13H,2-4,6-7,9H2,1H3/b8-5-. The average Bonchev–Trinajstić information content (AvgIpc) is 2.14. The molecule has 0 aromatic carbocycles. The lowest BCUT2D eigenvalue weighted by Gasteiger charge is -2.28. The zero-order chi connectivity index (χ0) is 10.4. The average molecular weight is 198 g/mol. The molecule has 1 N–H and O–H groups in total. The molecular formula is C11H18O3. The van der Waals surface area contributed by atoms with Crippen LogP contribution >= 0.6 is 0 Å². The Morgan fingerprint density at radius 2 is 2.07 bits per heavy atom. The highest BCUT2D eigenvalue weighted by Crippen LogP contribution is 2.28. The van der Waals surface area contributed by atoms with Crippen LogP contribution in [0.15, 0.2) is 12.2 Å². The number of aliphatic hydroxyl groups is 1. The second-order valence-corrected chi connectivity index (χ2v) is 3.87. The maximum atomic E-state index is 10.5. The fourth-order valence-electron chi connectivity index (χ4n) is 1.76. The van der Waals surface area contributed by atoms with Crippen molar-refractivity contribution >= 4 is 5.97 Å². The van der Waals surface area contributed by atoms with Crippen molar-refractivity contribution in [3.05, 3.63) is 12.2 Å². The van der Waals surface area contributed by atoms with Gasteiger partial charge in [0.2, 0.25) is 0 Å². The first-order valence-electron chi connectivity index (χ1n) is 5.16. The number of hydrogen-bond acceptors (Lipinski definition) is 3. The zero-order valence-corrected chi connectivity index (χ0v) is 8.66. The van der Waals surface area contributed by atoms with Crippen LogP contribution in [0, 0.1) is 0 Å². The van der Waals surface area contributed by atoms with Crippen molar-refractivity contribution in [2.24, 2.45) is 0 Å². The predicted molar refractivity (Wildman–Crippen MR) is 53.8 cm³/mol. The molecule has 0 aromatic rings. The van der Waals surface area contributed by atoms with Gasteiger partial charge in [0.05, 0.1) is 5.60 Å². The van der Waals surface area contributed by atoms with Crippen molar-refractivity contribution in [1.82, 2.24) is 0 Å². The van der Waals surface area contributed by atoms with Crippen LogP contribution in [0.4, 0.5) is 0 Å². The Hall–Kier alpha value is -0.830. The molecule has 0 aromatic heterocycles. The van der Waals surface area contributed by atoms with Gasteiger partial charge in [-0.1, -0.05) is 25.3 Å². The first-order valence-corrected chi connectivity index (χ1v) is 5.16. The number of rotatable bonds is 3. The molecular weight excluding hydrogens is 180 g/mol. The number of carbonyl (C=O) groups is 1. The first-order chi connectivity index (χ1) is 6.62. The van der Waals surface area contributed by atoms with E-state index in [-0.39, 0.29) is 12.6 Å². The monoisotopic (exact) mass is 198 g/mol. The van der Waals surface area contributed by atoms with Gasteiger partial charge in [0.1, 0.15) is 6.61 Å². The summed E-state index contributed by atoms with van der Waals surface area (Å²) in [5.74, 6) is -0.287. The van der Waals surface area contributed by atoms with E-state index in [0.717, 1.165) is 25.7 Å². The molecule has 80 valence electrons. The molecule has 0 unspecified atom stereocenters. The van der Waals surface area contributed by atoms with Crippen LogP contribution in [0.2, 0.25) is 0 Å². The molecule has 3 nitrogen and oxygen atoms in total. The lowest BCUT2D eigenvalue weighted by Crippen LogP contribution is -2.28. The van der Waals surface area contributed by atoms with E-state index >= 15 is 0 Å². The number of hydrogen-bond donors (Lipinski definition) is 1. The second-order valence-electron chi connectivity index (χ2n) is 3.87. The quantitative estimate of drug-likeness (QED) is 0.555. The molecule has 0 heterocycles. The molecule has 3 heteroatoms. The third kappa shape index (κ3) is 3.92. The van der Waals surface area contributed by atoms with Gasteiger partial charge in [-0.05, 0) is 18.9 Å². The summed E-state index contributed by atoms with van der Waals surface area (Å²) in [6.07, 6.45) is 8.51. The van der Waals surface area contributed by atoms with E-state index < -0.39 is 5.60 Å². The van der Waals surface area contributed by atoms with Gasteiger partial charge in [-0.3, -0.25) is 4.79 Å². The molecule has 1 fully saturated rings. The van der Waals surface area contributed by atoms with Crippen molar-refractivity contribution in [2.75, 3.05) is 6.61 Å². The van der Waals surface area contributed by atoms with Gasteiger partial charge in [0.25, 0.3) is 0 Å². The lowest BCUT2D eigenvalue weighted by molar-refractivity contribution is -0.139. The third-order valence-corrected chi connectivity index (χ3v) is 2.53. The molecule has 1 saturated carbocycles. The Kier molecular flexibility index (Phi) is 4.14. The van der Waals surface area contributed by atoms with Crippen molar-refractivity contribution in [1.29, 1.82) is 0 Å². The molecule has 0 atom stereocenters. The Labute approximate surface area is 84.8 Å². The summed E-state index contributed by atoms with van der Waals surface area (Å²) < 4.78 is 4.74. The van der Waals surface area contributed by atoms with Crippen LogP contribution in [0.25, 0.3) is 0 Å².